The van der Waals surface area contributed by atoms with Crippen molar-refractivity contribution in [2.24, 2.45) is 7.05 Å². The van der Waals surface area contributed by atoms with Gasteiger partial charge in [-0.15, -0.1) is 0 Å². The molecule has 6 nitrogen and oxygen atoms in total. The minimum absolute atomic E-state index is 0.0940. The lowest BCUT2D eigenvalue weighted by Crippen LogP contribution is -2.29. The summed E-state index contributed by atoms with van der Waals surface area (Å²) in [6.07, 6.45) is 6.32. The second kappa shape index (κ2) is 7.05. The van der Waals surface area contributed by atoms with Gasteiger partial charge in [0.25, 0.3) is 0 Å². The van der Waals surface area contributed by atoms with Crippen LogP contribution in [-0.4, -0.2) is 40.3 Å². The monoisotopic (exact) mass is 384 g/mol. The van der Waals surface area contributed by atoms with Gasteiger partial charge in [0.15, 0.2) is 0 Å². The second-order valence-electron chi connectivity index (χ2n) is 7.14. The van der Waals surface area contributed by atoms with Crippen LogP contribution in [0.25, 0.3) is 11.0 Å². The molecule has 4 rings (SSSR count). The minimum atomic E-state index is -3.47. The van der Waals surface area contributed by atoms with E-state index in [1.165, 1.54) is 5.56 Å². The van der Waals surface area contributed by atoms with Crippen LogP contribution in [0.2, 0.25) is 0 Å². The van der Waals surface area contributed by atoms with Crippen LogP contribution in [0.4, 0.5) is 0 Å². The molecule has 1 fully saturated rings. The van der Waals surface area contributed by atoms with E-state index in [1.54, 1.807) is 28.8 Å². The van der Waals surface area contributed by atoms with Crippen molar-refractivity contribution >= 4 is 21.1 Å². The van der Waals surface area contributed by atoms with Crippen LogP contribution in [-0.2, 0) is 23.5 Å². The van der Waals surface area contributed by atoms with E-state index >= 15 is 0 Å². The highest BCUT2D eigenvalue weighted by molar-refractivity contribution is 7.89. The van der Waals surface area contributed by atoms with Crippen LogP contribution in [0, 0.1) is 0 Å². The Morgan fingerprint density at radius 1 is 1.19 bits per heavy atom. The summed E-state index contributed by atoms with van der Waals surface area (Å²) in [4.78, 5) is 9.25. The summed E-state index contributed by atoms with van der Waals surface area (Å²) in [7, 11) is -1.50. The Morgan fingerprint density at radius 3 is 2.67 bits per heavy atom. The smallest absolute Gasteiger partial charge is 0.243 e. The fourth-order valence-electron chi connectivity index (χ4n) is 3.84. The maximum atomic E-state index is 13.0. The normalized spacial score (nSPS) is 18.4. The summed E-state index contributed by atoms with van der Waals surface area (Å²) >= 11 is 0. The largest absolute Gasteiger partial charge is 0.330 e. The van der Waals surface area contributed by atoms with E-state index < -0.39 is 10.0 Å². The number of fused-ring (bicyclic) bond motifs is 1. The van der Waals surface area contributed by atoms with Gasteiger partial charge in [0.2, 0.25) is 10.0 Å². The Hall–Kier alpha value is -2.25. The second-order valence-corrected chi connectivity index (χ2v) is 9.07. The lowest BCUT2D eigenvalue weighted by molar-refractivity contribution is 0.470. The fourth-order valence-corrected chi connectivity index (χ4v) is 5.34. The number of aryl methyl sites for hydroxylation is 2. The Morgan fingerprint density at radius 2 is 1.96 bits per heavy atom. The van der Waals surface area contributed by atoms with Gasteiger partial charge in [0, 0.05) is 32.3 Å². The number of aromatic nitrogens is 3. The molecule has 0 amide bonds. The topological polar surface area (TPSA) is 68.1 Å². The third-order valence-corrected chi connectivity index (χ3v) is 7.21. The van der Waals surface area contributed by atoms with Gasteiger partial charge in [0.1, 0.15) is 5.82 Å². The summed E-state index contributed by atoms with van der Waals surface area (Å²) in [6, 6.07) is 9.19. The molecule has 0 spiro atoms. The van der Waals surface area contributed by atoms with Crippen molar-refractivity contribution in [3.05, 3.63) is 54.1 Å². The summed E-state index contributed by atoms with van der Waals surface area (Å²) in [5.41, 5.74) is 3.04. The molecule has 1 aliphatic rings. The molecule has 1 atom stereocenters. The zero-order valence-electron chi connectivity index (χ0n) is 15.7. The number of sulfonamides is 1. The summed E-state index contributed by atoms with van der Waals surface area (Å²) in [5.74, 6) is 1.02. The molecule has 0 radical (unpaired) electrons. The van der Waals surface area contributed by atoms with E-state index in [0.717, 1.165) is 36.1 Å². The van der Waals surface area contributed by atoms with E-state index in [-0.39, 0.29) is 5.92 Å². The van der Waals surface area contributed by atoms with Gasteiger partial charge in [-0.2, -0.15) is 4.31 Å². The molecule has 0 bridgehead atoms. The molecule has 0 N–H and O–H groups in total. The molecule has 1 aromatic carbocycles. The van der Waals surface area contributed by atoms with Gasteiger partial charge >= 0.3 is 0 Å². The van der Waals surface area contributed by atoms with Gasteiger partial charge in [-0.05, 0) is 36.6 Å². The van der Waals surface area contributed by atoms with Crippen molar-refractivity contribution < 1.29 is 8.42 Å². The standard InChI is InChI=1S/C20H24N4O2S/c1-3-4-15-5-7-17(8-6-15)27(25,26)24-12-10-16(14-24)20-22-18-9-11-21-13-19(18)23(20)2/h5-9,11,13,16H,3-4,10,12,14H2,1-2H3/t16-/m1/s1. The summed E-state index contributed by atoms with van der Waals surface area (Å²) in [5, 5.41) is 0. The number of benzene rings is 1. The number of hydrogen-bond donors (Lipinski definition) is 0. The molecule has 1 saturated heterocycles. The molecule has 0 aliphatic carbocycles. The maximum Gasteiger partial charge on any atom is 0.243 e. The molecule has 2 aromatic heterocycles. The van der Waals surface area contributed by atoms with E-state index in [1.807, 2.05) is 29.8 Å². The molecule has 0 saturated carbocycles. The van der Waals surface area contributed by atoms with Crippen molar-refractivity contribution in [3.8, 4) is 0 Å². The van der Waals surface area contributed by atoms with E-state index in [0.29, 0.717) is 18.0 Å². The van der Waals surface area contributed by atoms with Gasteiger partial charge in [0.05, 0.1) is 22.1 Å². The first-order chi connectivity index (χ1) is 13.0. The maximum absolute atomic E-state index is 13.0. The van der Waals surface area contributed by atoms with Gasteiger partial charge in [-0.1, -0.05) is 25.5 Å². The molecule has 3 heterocycles. The van der Waals surface area contributed by atoms with Crippen LogP contribution in [0.5, 0.6) is 0 Å². The predicted octanol–water partition coefficient (Wildman–Crippen LogP) is 3.10. The van der Waals surface area contributed by atoms with Crippen molar-refractivity contribution in [1.82, 2.24) is 18.8 Å². The van der Waals surface area contributed by atoms with Crippen molar-refractivity contribution in [2.75, 3.05) is 13.1 Å². The highest BCUT2D eigenvalue weighted by Crippen LogP contribution is 2.32. The van der Waals surface area contributed by atoms with Crippen molar-refractivity contribution in [2.45, 2.75) is 37.0 Å². The highest BCUT2D eigenvalue weighted by Gasteiger charge is 2.35. The zero-order valence-corrected chi connectivity index (χ0v) is 16.5. The van der Waals surface area contributed by atoms with Gasteiger partial charge in [-0.3, -0.25) is 4.98 Å². The van der Waals surface area contributed by atoms with Gasteiger partial charge < -0.3 is 4.57 Å². The third-order valence-electron chi connectivity index (χ3n) is 5.33. The zero-order chi connectivity index (χ0) is 19.0. The average molecular weight is 385 g/mol. The summed E-state index contributed by atoms with van der Waals surface area (Å²) < 4.78 is 29.7. The minimum Gasteiger partial charge on any atom is -0.330 e. The Balaban J connectivity index is 1.56. The van der Waals surface area contributed by atoms with Crippen LogP contribution < -0.4 is 0 Å². The third kappa shape index (κ3) is 3.26. The number of nitrogens with zero attached hydrogens (tertiary/aromatic N) is 4. The molecule has 0 unspecified atom stereocenters. The molecular weight excluding hydrogens is 360 g/mol. The lowest BCUT2D eigenvalue weighted by atomic mass is 10.1. The Labute approximate surface area is 159 Å². The highest BCUT2D eigenvalue weighted by atomic mass is 32.2. The molecule has 27 heavy (non-hydrogen) atoms. The lowest BCUT2D eigenvalue weighted by Gasteiger charge is -2.17. The average Bonchev–Trinajstić information content (AvgIpc) is 3.28. The van der Waals surface area contributed by atoms with Crippen LogP contribution >= 0.6 is 0 Å². The Kier molecular flexibility index (Phi) is 4.74. The molecular formula is C20H24N4O2S. The molecule has 7 heteroatoms. The Bertz CT molecular complexity index is 1060. The van der Waals surface area contributed by atoms with Crippen LogP contribution in [0.15, 0.2) is 47.6 Å². The van der Waals surface area contributed by atoms with Crippen molar-refractivity contribution in [3.63, 3.8) is 0 Å². The fraction of sp³-hybridized carbons (Fsp3) is 0.400. The quantitative estimate of drug-likeness (QED) is 0.678. The predicted molar refractivity (Wildman–Crippen MR) is 105 cm³/mol. The van der Waals surface area contributed by atoms with Crippen molar-refractivity contribution in [1.29, 1.82) is 0 Å². The first kappa shape index (κ1) is 18.1. The van der Waals surface area contributed by atoms with Crippen LogP contribution in [0.1, 0.15) is 37.1 Å². The van der Waals surface area contributed by atoms with E-state index in [9.17, 15) is 8.42 Å². The first-order valence-corrected chi connectivity index (χ1v) is 10.8. The van der Waals surface area contributed by atoms with Gasteiger partial charge in [-0.25, -0.2) is 13.4 Å². The number of hydrogen-bond acceptors (Lipinski definition) is 4. The van der Waals surface area contributed by atoms with Crippen LogP contribution in [0.3, 0.4) is 0 Å². The number of rotatable bonds is 5. The molecule has 142 valence electrons. The first-order valence-electron chi connectivity index (χ1n) is 9.36. The molecule has 3 aromatic rings. The number of pyridine rings is 1. The molecule has 1 aliphatic heterocycles. The SMILES string of the molecule is CCCc1ccc(S(=O)(=O)N2CC[C@@H](c3nc4ccncc4n3C)C2)cc1. The summed E-state index contributed by atoms with van der Waals surface area (Å²) in [6.45, 7) is 3.10. The van der Waals surface area contributed by atoms with E-state index in [2.05, 4.69) is 11.9 Å². The number of imidazole rings is 1. The van der Waals surface area contributed by atoms with E-state index in [4.69, 9.17) is 4.98 Å².